The number of methoxy groups -OCH3 is 2. The number of nitrogens with zero attached hydrogens (tertiary/aromatic N) is 1. The van der Waals surface area contributed by atoms with E-state index >= 15 is 0 Å². The standard InChI is InChI=1S/C15H22ClNO3/c1-17(8-11-6-7-20-10-11)9-12-4-5-13(18-2)15(19-3)14(12)16/h4-5,11H,6-10H2,1-3H3/t11-/m0/s1. The highest BCUT2D eigenvalue weighted by Gasteiger charge is 2.19. The van der Waals surface area contributed by atoms with E-state index in [9.17, 15) is 0 Å². The van der Waals surface area contributed by atoms with Crippen LogP contribution in [0.25, 0.3) is 0 Å². The van der Waals surface area contributed by atoms with E-state index in [1.54, 1.807) is 14.2 Å². The third kappa shape index (κ3) is 3.57. The number of ether oxygens (including phenoxy) is 3. The molecule has 1 aromatic rings. The lowest BCUT2D eigenvalue weighted by Gasteiger charge is -2.21. The summed E-state index contributed by atoms with van der Waals surface area (Å²) in [6.07, 6.45) is 1.14. The second-order valence-corrected chi connectivity index (χ2v) is 5.58. The summed E-state index contributed by atoms with van der Waals surface area (Å²) in [6, 6.07) is 3.89. The van der Waals surface area contributed by atoms with Gasteiger partial charge in [0.05, 0.1) is 25.8 Å². The van der Waals surface area contributed by atoms with Crippen molar-refractivity contribution in [3.8, 4) is 11.5 Å². The summed E-state index contributed by atoms with van der Waals surface area (Å²) < 4.78 is 16.0. The van der Waals surface area contributed by atoms with E-state index in [0.29, 0.717) is 22.4 Å². The fourth-order valence-electron chi connectivity index (χ4n) is 2.58. The lowest BCUT2D eigenvalue weighted by molar-refractivity contribution is 0.173. The Kier molecular flexibility index (Phi) is 5.52. The van der Waals surface area contributed by atoms with Gasteiger partial charge in [-0.1, -0.05) is 17.7 Å². The van der Waals surface area contributed by atoms with Gasteiger partial charge < -0.3 is 19.1 Å². The largest absolute Gasteiger partial charge is 0.493 e. The van der Waals surface area contributed by atoms with Gasteiger partial charge >= 0.3 is 0 Å². The fraction of sp³-hybridized carbons (Fsp3) is 0.600. The Morgan fingerprint density at radius 3 is 2.75 bits per heavy atom. The molecule has 1 atom stereocenters. The molecule has 112 valence electrons. The molecule has 0 amide bonds. The van der Waals surface area contributed by atoms with Gasteiger partial charge in [-0.25, -0.2) is 0 Å². The third-order valence-corrected chi connectivity index (χ3v) is 4.01. The highest BCUT2D eigenvalue weighted by Crippen LogP contribution is 2.37. The Morgan fingerprint density at radius 2 is 2.15 bits per heavy atom. The molecular weight excluding hydrogens is 278 g/mol. The van der Waals surface area contributed by atoms with E-state index in [0.717, 1.165) is 38.3 Å². The van der Waals surface area contributed by atoms with Crippen molar-refractivity contribution >= 4 is 11.6 Å². The van der Waals surface area contributed by atoms with Gasteiger partial charge in [0, 0.05) is 19.7 Å². The average molecular weight is 300 g/mol. The first kappa shape index (κ1) is 15.4. The Bertz CT molecular complexity index is 447. The van der Waals surface area contributed by atoms with Crippen molar-refractivity contribution in [3.05, 3.63) is 22.7 Å². The predicted molar refractivity (Wildman–Crippen MR) is 79.8 cm³/mol. The van der Waals surface area contributed by atoms with Crippen LogP contribution in [0, 0.1) is 5.92 Å². The molecule has 0 aliphatic carbocycles. The lowest BCUT2D eigenvalue weighted by Crippen LogP contribution is -2.25. The highest BCUT2D eigenvalue weighted by atomic mass is 35.5. The van der Waals surface area contributed by atoms with E-state index in [4.69, 9.17) is 25.8 Å². The molecular formula is C15H22ClNO3. The van der Waals surface area contributed by atoms with Crippen molar-refractivity contribution in [3.63, 3.8) is 0 Å². The maximum Gasteiger partial charge on any atom is 0.179 e. The first-order chi connectivity index (χ1) is 9.65. The van der Waals surface area contributed by atoms with Crippen molar-refractivity contribution < 1.29 is 14.2 Å². The lowest BCUT2D eigenvalue weighted by atomic mass is 10.1. The van der Waals surface area contributed by atoms with Gasteiger partial charge in [0.1, 0.15) is 0 Å². The number of hydrogen-bond acceptors (Lipinski definition) is 4. The summed E-state index contributed by atoms with van der Waals surface area (Å²) in [5.74, 6) is 1.89. The van der Waals surface area contributed by atoms with Crippen LogP contribution in [-0.2, 0) is 11.3 Å². The maximum atomic E-state index is 6.40. The van der Waals surface area contributed by atoms with Gasteiger partial charge in [-0.15, -0.1) is 0 Å². The number of benzene rings is 1. The maximum absolute atomic E-state index is 6.40. The van der Waals surface area contributed by atoms with Crippen molar-refractivity contribution in [1.29, 1.82) is 0 Å². The smallest absolute Gasteiger partial charge is 0.179 e. The summed E-state index contributed by atoms with van der Waals surface area (Å²) in [5, 5.41) is 0.626. The molecule has 1 aliphatic rings. The van der Waals surface area contributed by atoms with Crippen molar-refractivity contribution in [2.75, 3.05) is 41.0 Å². The van der Waals surface area contributed by atoms with Crippen LogP contribution >= 0.6 is 11.6 Å². The first-order valence-corrected chi connectivity index (χ1v) is 7.19. The summed E-state index contributed by atoms with van der Waals surface area (Å²) in [6.45, 7) is 3.56. The first-order valence-electron chi connectivity index (χ1n) is 6.81. The molecule has 1 saturated heterocycles. The molecule has 5 heteroatoms. The molecule has 1 aromatic carbocycles. The summed E-state index contributed by atoms with van der Waals surface area (Å²) in [5.41, 5.74) is 1.05. The summed E-state index contributed by atoms with van der Waals surface area (Å²) in [7, 11) is 5.32. The third-order valence-electron chi connectivity index (χ3n) is 3.60. The molecule has 0 aromatic heterocycles. The molecule has 0 N–H and O–H groups in total. The minimum atomic E-state index is 0.601. The Labute approximate surface area is 125 Å². The molecule has 0 spiro atoms. The number of hydrogen-bond donors (Lipinski definition) is 0. The summed E-state index contributed by atoms with van der Waals surface area (Å²) in [4.78, 5) is 2.27. The van der Waals surface area contributed by atoms with Crippen LogP contribution in [0.15, 0.2) is 12.1 Å². The van der Waals surface area contributed by atoms with Gasteiger partial charge in [-0.3, -0.25) is 0 Å². The van der Waals surface area contributed by atoms with Crippen LogP contribution in [0.1, 0.15) is 12.0 Å². The highest BCUT2D eigenvalue weighted by molar-refractivity contribution is 6.33. The molecule has 4 nitrogen and oxygen atoms in total. The van der Waals surface area contributed by atoms with E-state index in [1.165, 1.54) is 0 Å². The Morgan fingerprint density at radius 1 is 1.35 bits per heavy atom. The quantitative estimate of drug-likeness (QED) is 0.808. The molecule has 0 bridgehead atoms. The van der Waals surface area contributed by atoms with Crippen LogP contribution in [0.5, 0.6) is 11.5 Å². The topological polar surface area (TPSA) is 30.9 Å². The zero-order valence-corrected chi connectivity index (χ0v) is 13.1. The molecule has 2 rings (SSSR count). The normalized spacial score (nSPS) is 18.6. The molecule has 0 unspecified atom stereocenters. The Balaban J connectivity index is 2.04. The number of rotatable bonds is 6. The molecule has 1 heterocycles. The molecule has 20 heavy (non-hydrogen) atoms. The van der Waals surface area contributed by atoms with E-state index < -0.39 is 0 Å². The van der Waals surface area contributed by atoms with E-state index in [-0.39, 0.29) is 0 Å². The average Bonchev–Trinajstić information content (AvgIpc) is 2.93. The van der Waals surface area contributed by atoms with Gasteiger partial charge in [-0.05, 0) is 31.0 Å². The monoisotopic (exact) mass is 299 g/mol. The van der Waals surface area contributed by atoms with Gasteiger partial charge in [-0.2, -0.15) is 0 Å². The molecule has 0 radical (unpaired) electrons. The van der Waals surface area contributed by atoms with Crippen LogP contribution in [0.2, 0.25) is 5.02 Å². The zero-order chi connectivity index (χ0) is 14.5. The van der Waals surface area contributed by atoms with Gasteiger partial charge in [0.15, 0.2) is 11.5 Å². The Hall–Kier alpha value is -0.970. The van der Waals surface area contributed by atoms with Crippen LogP contribution in [0.3, 0.4) is 0 Å². The molecule has 0 saturated carbocycles. The number of halogens is 1. The fourth-order valence-corrected chi connectivity index (χ4v) is 2.87. The van der Waals surface area contributed by atoms with Crippen molar-refractivity contribution in [2.24, 2.45) is 5.92 Å². The minimum Gasteiger partial charge on any atom is -0.493 e. The van der Waals surface area contributed by atoms with E-state index in [2.05, 4.69) is 11.9 Å². The van der Waals surface area contributed by atoms with Crippen LogP contribution in [0.4, 0.5) is 0 Å². The minimum absolute atomic E-state index is 0.601. The van der Waals surface area contributed by atoms with E-state index in [1.807, 2.05) is 12.1 Å². The van der Waals surface area contributed by atoms with Gasteiger partial charge in [0.2, 0.25) is 0 Å². The molecule has 1 fully saturated rings. The van der Waals surface area contributed by atoms with Crippen LogP contribution in [-0.4, -0.2) is 45.9 Å². The SMILES string of the molecule is COc1ccc(CN(C)C[C@@H]2CCOC2)c(Cl)c1OC. The summed E-state index contributed by atoms with van der Waals surface area (Å²) >= 11 is 6.40. The predicted octanol–water partition coefficient (Wildman–Crippen LogP) is 2.83. The van der Waals surface area contributed by atoms with Crippen molar-refractivity contribution in [1.82, 2.24) is 4.90 Å². The zero-order valence-electron chi connectivity index (χ0n) is 12.3. The second kappa shape index (κ2) is 7.16. The van der Waals surface area contributed by atoms with Gasteiger partial charge in [0.25, 0.3) is 0 Å². The molecule has 1 aliphatic heterocycles. The van der Waals surface area contributed by atoms with Crippen LogP contribution < -0.4 is 9.47 Å². The van der Waals surface area contributed by atoms with Crippen molar-refractivity contribution in [2.45, 2.75) is 13.0 Å². The second-order valence-electron chi connectivity index (χ2n) is 5.20.